The van der Waals surface area contributed by atoms with E-state index in [4.69, 9.17) is 9.47 Å². The highest BCUT2D eigenvalue weighted by Crippen LogP contribution is 2.18. The van der Waals surface area contributed by atoms with Crippen LogP contribution in [0.15, 0.2) is 53.0 Å². The van der Waals surface area contributed by atoms with Crippen LogP contribution in [0.4, 0.5) is 0 Å². The van der Waals surface area contributed by atoms with Gasteiger partial charge in [0.15, 0.2) is 12.7 Å². The van der Waals surface area contributed by atoms with Gasteiger partial charge in [0.25, 0.3) is 11.8 Å². The van der Waals surface area contributed by atoms with E-state index in [1.54, 1.807) is 37.3 Å². The molecule has 2 aromatic rings. The monoisotopic (exact) mass is 406 g/mol. The zero-order valence-electron chi connectivity index (χ0n) is 13.9. The molecule has 1 atom stereocenters. The van der Waals surface area contributed by atoms with E-state index >= 15 is 0 Å². The molecule has 2 rings (SSSR count). The molecule has 6 nitrogen and oxygen atoms in total. The van der Waals surface area contributed by atoms with Gasteiger partial charge in [-0.3, -0.25) is 20.4 Å². The Hall–Kier alpha value is -2.54. The fraction of sp³-hybridized carbons (Fsp3) is 0.222. The van der Waals surface area contributed by atoms with Gasteiger partial charge < -0.3 is 9.47 Å². The van der Waals surface area contributed by atoms with Gasteiger partial charge in [-0.1, -0.05) is 39.7 Å². The lowest BCUT2D eigenvalue weighted by molar-refractivity contribution is -0.133. The van der Waals surface area contributed by atoms with Crippen LogP contribution in [0.2, 0.25) is 0 Å². The number of aryl methyl sites for hydroxylation is 1. The number of rotatable bonds is 6. The quantitative estimate of drug-likeness (QED) is 0.723. The van der Waals surface area contributed by atoms with Crippen molar-refractivity contribution in [1.82, 2.24) is 10.9 Å². The van der Waals surface area contributed by atoms with Gasteiger partial charge in [0.1, 0.15) is 11.5 Å². The van der Waals surface area contributed by atoms with E-state index < -0.39 is 17.9 Å². The van der Waals surface area contributed by atoms with Gasteiger partial charge in [-0.15, -0.1) is 0 Å². The summed E-state index contributed by atoms with van der Waals surface area (Å²) in [6.45, 7) is 3.35. The van der Waals surface area contributed by atoms with Crippen LogP contribution in [0.5, 0.6) is 11.5 Å². The van der Waals surface area contributed by atoms with Crippen LogP contribution in [-0.4, -0.2) is 24.5 Å². The number of carbonyl (C=O) groups excluding carboxylic acids is 2. The van der Waals surface area contributed by atoms with Crippen molar-refractivity contribution in [2.45, 2.75) is 20.0 Å². The summed E-state index contributed by atoms with van der Waals surface area (Å²) in [6.07, 6.45) is -0.771. The number of hydrogen-bond acceptors (Lipinski definition) is 4. The van der Waals surface area contributed by atoms with Crippen molar-refractivity contribution in [2.24, 2.45) is 0 Å². The zero-order chi connectivity index (χ0) is 18.2. The summed E-state index contributed by atoms with van der Waals surface area (Å²) in [5.41, 5.74) is 5.70. The smallest absolute Gasteiger partial charge is 0.279 e. The lowest BCUT2D eigenvalue weighted by Gasteiger charge is -2.15. The lowest BCUT2D eigenvalue weighted by Crippen LogP contribution is -2.48. The molecule has 0 heterocycles. The number of ether oxygens (including phenoxy) is 2. The third kappa shape index (κ3) is 6.46. The first kappa shape index (κ1) is 18.8. The number of nitrogens with one attached hydrogen (secondary N) is 2. The number of hydrazine groups is 1. The summed E-state index contributed by atoms with van der Waals surface area (Å²) in [5.74, 6) is 0.191. The normalized spacial score (nSPS) is 11.3. The first-order chi connectivity index (χ1) is 11.9. The molecule has 132 valence electrons. The molecule has 0 aliphatic rings. The molecule has 0 bridgehead atoms. The maximum Gasteiger partial charge on any atom is 0.279 e. The fourth-order valence-electron chi connectivity index (χ4n) is 1.85. The van der Waals surface area contributed by atoms with Crippen LogP contribution in [0.25, 0.3) is 0 Å². The van der Waals surface area contributed by atoms with Gasteiger partial charge >= 0.3 is 0 Å². The lowest BCUT2D eigenvalue weighted by atomic mass is 10.2. The maximum atomic E-state index is 11.9. The van der Waals surface area contributed by atoms with E-state index in [0.717, 1.165) is 10.0 Å². The molecule has 7 heteroatoms. The van der Waals surface area contributed by atoms with Crippen LogP contribution in [-0.2, 0) is 9.59 Å². The molecule has 25 heavy (non-hydrogen) atoms. The van der Waals surface area contributed by atoms with Crippen molar-refractivity contribution in [3.8, 4) is 11.5 Å². The Morgan fingerprint density at radius 3 is 2.48 bits per heavy atom. The molecular formula is C18H19BrN2O4. The number of amides is 2. The standard InChI is InChI=1S/C18H19BrN2O4/c1-12-6-8-15(9-7-12)24-11-17(22)20-21-18(23)13(2)25-16-5-3-4-14(19)10-16/h3-10,13H,11H2,1-2H3,(H,20,22)(H,21,23). The predicted molar refractivity (Wildman–Crippen MR) is 97.2 cm³/mol. The molecule has 0 aromatic heterocycles. The highest BCUT2D eigenvalue weighted by Gasteiger charge is 2.15. The van der Waals surface area contributed by atoms with Crippen molar-refractivity contribution < 1.29 is 19.1 Å². The highest BCUT2D eigenvalue weighted by molar-refractivity contribution is 9.10. The minimum atomic E-state index is -0.771. The molecule has 0 saturated heterocycles. The van der Waals surface area contributed by atoms with Crippen molar-refractivity contribution in [1.29, 1.82) is 0 Å². The van der Waals surface area contributed by atoms with E-state index in [-0.39, 0.29) is 6.61 Å². The number of hydrogen-bond donors (Lipinski definition) is 2. The van der Waals surface area contributed by atoms with E-state index in [0.29, 0.717) is 11.5 Å². The van der Waals surface area contributed by atoms with E-state index in [1.807, 2.05) is 25.1 Å². The van der Waals surface area contributed by atoms with Crippen LogP contribution in [0.1, 0.15) is 12.5 Å². The summed E-state index contributed by atoms with van der Waals surface area (Å²) in [4.78, 5) is 23.7. The van der Waals surface area contributed by atoms with Crippen LogP contribution >= 0.6 is 15.9 Å². The summed E-state index contributed by atoms with van der Waals surface area (Å²) in [5, 5.41) is 0. The first-order valence-corrected chi connectivity index (χ1v) is 8.44. The Morgan fingerprint density at radius 1 is 1.08 bits per heavy atom. The molecule has 2 N–H and O–H groups in total. The Labute approximate surface area is 154 Å². The zero-order valence-corrected chi connectivity index (χ0v) is 15.5. The third-order valence-corrected chi connectivity index (χ3v) is 3.69. The SMILES string of the molecule is Cc1ccc(OCC(=O)NNC(=O)C(C)Oc2cccc(Br)c2)cc1. The van der Waals surface area contributed by atoms with E-state index in [2.05, 4.69) is 26.8 Å². The molecular weight excluding hydrogens is 388 g/mol. The molecule has 0 aliphatic heterocycles. The number of benzene rings is 2. The van der Waals surface area contributed by atoms with Gasteiger partial charge in [0.2, 0.25) is 0 Å². The summed E-state index contributed by atoms with van der Waals surface area (Å²) in [6, 6.07) is 14.5. The Kier molecular flexibility index (Phi) is 6.82. The Morgan fingerprint density at radius 2 is 1.80 bits per heavy atom. The number of carbonyl (C=O) groups is 2. The second-order valence-electron chi connectivity index (χ2n) is 5.36. The minimum absolute atomic E-state index is 0.204. The molecule has 1 unspecified atom stereocenters. The number of halogens is 1. The Balaban J connectivity index is 1.72. The third-order valence-electron chi connectivity index (χ3n) is 3.19. The Bertz CT molecular complexity index is 734. The second kappa shape index (κ2) is 9.08. The summed E-state index contributed by atoms with van der Waals surface area (Å²) < 4.78 is 11.7. The molecule has 2 aromatic carbocycles. The van der Waals surface area contributed by atoms with Gasteiger partial charge in [0, 0.05) is 4.47 Å². The van der Waals surface area contributed by atoms with Crippen LogP contribution < -0.4 is 20.3 Å². The van der Waals surface area contributed by atoms with Gasteiger partial charge in [0.05, 0.1) is 0 Å². The molecule has 0 fully saturated rings. The molecule has 2 amide bonds. The second-order valence-corrected chi connectivity index (χ2v) is 6.27. The van der Waals surface area contributed by atoms with Gasteiger partial charge in [-0.25, -0.2) is 0 Å². The van der Waals surface area contributed by atoms with Crippen LogP contribution in [0.3, 0.4) is 0 Å². The molecule has 0 saturated carbocycles. The average molecular weight is 407 g/mol. The highest BCUT2D eigenvalue weighted by atomic mass is 79.9. The fourth-order valence-corrected chi connectivity index (χ4v) is 2.23. The predicted octanol–water partition coefficient (Wildman–Crippen LogP) is 2.75. The molecule has 0 aliphatic carbocycles. The van der Waals surface area contributed by atoms with Gasteiger partial charge in [-0.05, 0) is 44.2 Å². The van der Waals surface area contributed by atoms with Crippen molar-refractivity contribution in [3.63, 3.8) is 0 Å². The summed E-state index contributed by atoms with van der Waals surface area (Å²) >= 11 is 3.33. The van der Waals surface area contributed by atoms with Crippen molar-refractivity contribution in [3.05, 3.63) is 58.6 Å². The van der Waals surface area contributed by atoms with Crippen molar-refractivity contribution in [2.75, 3.05) is 6.61 Å². The molecule has 0 radical (unpaired) electrons. The van der Waals surface area contributed by atoms with Crippen molar-refractivity contribution >= 4 is 27.7 Å². The van der Waals surface area contributed by atoms with E-state index in [9.17, 15) is 9.59 Å². The maximum absolute atomic E-state index is 11.9. The first-order valence-electron chi connectivity index (χ1n) is 7.64. The molecule has 0 spiro atoms. The minimum Gasteiger partial charge on any atom is -0.484 e. The topological polar surface area (TPSA) is 76.7 Å². The van der Waals surface area contributed by atoms with E-state index in [1.165, 1.54) is 0 Å². The average Bonchev–Trinajstić information content (AvgIpc) is 2.59. The van der Waals surface area contributed by atoms with Gasteiger partial charge in [-0.2, -0.15) is 0 Å². The largest absolute Gasteiger partial charge is 0.484 e. The summed E-state index contributed by atoms with van der Waals surface area (Å²) in [7, 11) is 0. The van der Waals surface area contributed by atoms with Crippen LogP contribution in [0, 0.1) is 6.92 Å².